The molecule has 1 aromatic heterocycles. The van der Waals surface area contributed by atoms with Crippen LogP contribution in [0.1, 0.15) is 59.7 Å². The van der Waals surface area contributed by atoms with Crippen molar-refractivity contribution in [1.29, 1.82) is 0 Å². The average molecular weight is 1010 g/mol. The summed E-state index contributed by atoms with van der Waals surface area (Å²) in [5.41, 5.74) is 5.79. The first-order valence-corrected chi connectivity index (χ1v) is 23.7. The van der Waals surface area contributed by atoms with Crippen LogP contribution in [0.2, 0.25) is 0 Å². The second kappa shape index (κ2) is 22.0. The van der Waals surface area contributed by atoms with Gasteiger partial charge in [0.15, 0.2) is 0 Å². The van der Waals surface area contributed by atoms with Crippen molar-refractivity contribution in [3.63, 3.8) is 0 Å². The number of rotatable bonds is 7. The van der Waals surface area contributed by atoms with Crippen molar-refractivity contribution >= 4 is 70.2 Å². The highest BCUT2D eigenvalue weighted by atomic mass is 79.9. The lowest BCUT2D eigenvalue weighted by Crippen LogP contribution is -2.50. The summed E-state index contributed by atoms with van der Waals surface area (Å²) in [6, 6.07) is 25.2. The fourth-order valence-corrected chi connectivity index (χ4v) is 8.74. The van der Waals surface area contributed by atoms with Gasteiger partial charge in [-0.1, -0.05) is 36.4 Å². The molecule has 3 aliphatic heterocycles. The van der Waals surface area contributed by atoms with Crippen LogP contribution in [0.4, 0.5) is 35.4 Å². The molecule has 1 N–H and O–H groups in total. The molecule has 1 unspecified atom stereocenters. The van der Waals surface area contributed by atoms with Crippen molar-refractivity contribution in [1.82, 2.24) is 14.4 Å². The van der Waals surface area contributed by atoms with Gasteiger partial charge in [0.1, 0.15) is 22.8 Å². The van der Waals surface area contributed by atoms with E-state index in [1.54, 1.807) is 32.9 Å². The zero-order valence-electron chi connectivity index (χ0n) is 38.4. The minimum atomic E-state index is -3.04. The van der Waals surface area contributed by atoms with Crippen molar-refractivity contribution in [2.45, 2.75) is 72.3 Å². The van der Waals surface area contributed by atoms with Crippen LogP contribution in [0.5, 0.6) is 0 Å². The Morgan fingerprint density at radius 3 is 1.66 bits per heavy atom. The number of halogens is 3. The highest BCUT2D eigenvalue weighted by Gasteiger charge is 2.33. The Labute approximate surface area is 399 Å². The summed E-state index contributed by atoms with van der Waals surface area (Å²) in [6.45, 7) is 17.4. The molecule has 0 saturated carbocycles. The van der Waals surface area contributed by atoms with Gasteiger partial charge in [0, 0.05) is 104 Å². The van der Waals surface area contributed by atoms with Gasteiger partial charge < -0.3 is 43.4 Å². The molecule has 5 aromatic rings. The van der Waals surface area contributed by atoms with Crippen LogP contribution in [0, 0.1) is 11.6 Å². The van der Waals surface area contributed by atoms with E-state index in [9.17, 15) is 23.2 Å². The molecule has 3 amide bonds. The number of carbonyl (C=O) groups excluding carboxylic acids is 3. The lowest BCUT2D eigenvalue weighted by molar-refractivity contribution is -0.244. The number of anilines is 3. The van der Waals surface area contributed by atoms with E-state index in [1.165, 1.54) is 18.2 Å². The molecule has 360 valence electrons. The number of piperazine rings is 2. The van der Waals surface area contributed by atoms with Crippen molar-refractivity contribution in [2.24, 2.45) is 0 Å². The molecule has 3 aliphatic rings. The van der Waals surface area contributed by atoms with Crippen LogP contribution in [0.25, 0.3) is 10.9 Å². The van der Waals surface area contributed by atoms with Crippen LogP contribution >= 0.6 is 24.2 Å². The standard InChI is InChI=1S/C24H27BrFN3O2.C24H28FN3O3.HO4P.H2/c1-24(2,3)31-23(30)28-12-10-27(11-13-28)20-8-5-9-21-22(20)19(25)16-29(21)15-17-6-4-7-18(26)14-17;1-24(2,3)31-23(30)27-12-10-26(11-13-27)20-8-5-9-21-19(20)15-22(29)28(21)16-17-6-4-7-18(25)14-17;1-4-5(2)3;/h4-9,14,16H,10-13,15H2,1-3H3;4-9,14H,10-13,15-16H2,1-3H3;1H;1H. The molecule has 2 saturated heterocycles. The minimum absolute atomic E-state index is 0. The van der Waals surface area contributed by atoms with Crippen LogP contribution in [-0.4, -0.2) is 101 Å². The second-order valence-electron chi connectivity index (χ2n) is 18.2. The van der Waals surface area contributed by atoms with E-state index < -0.39 is 19.5 Å². The Morgan fingerprint density at radius 1 is 0.716 bits per heavy atom. The van der Waals surface area contributed by atoms with Gasteiger partial charge in [-0.15, -0.1) is 0 Å². The minimum Gasteiger partial charge on any atom is -0.565 e. The van der Waals surface area contributed by atoms with Gasteiger partial charge >= 0.3 is 20.4 Å². The first-order valence-electron chi connectivity index (χ1n) is 21.8. The largest absolute Gasteiger partial charge is 0.565 e. The quantitative estimate of drug-likeness (QED) is 0.0940. The van der Waals surface area contributed by atoms with Gasteiger partial charge in [0.25, 0.3) is 0 Å². The zero-order chi connectivity index (χ0) is 48.6. The van der Waals surface area contributed by atoms with E-state index in [-0.39, 0.29) is 31.2 Å². The molecule has 0 radical (unpaired) electrons. The summed E-state index contributed by atoms with van der Waals surface area (Å²) >= 11 is 3.73. The van der Waals surface area contributed by atoms with Crippen molar-refractivity contribution in [2.75, 3.05) is 67.1 Å². The number of amides is 3. The van der Waals surface area contributed by atoms with Gasteiger partial charge in [-0.2, -0.15) is 0 Å². The zero-order valence-corrected chi connectivity index (χ0v) is 40.9. The van der Waals surface area contributed by atoms with E-state index in [0.29, 0.717) is 58.8 Å². The maximum Gasteiger partial charge on any atom is 0.521 e. The van der Waals surface area contributed by atoms with E-state index in [2.05, 4.69) is 53.3 Å². The third kappa shape index (κ3) is 13.7. The fraction of sp³-hybridized carbons (Fsp3) is 0.396. The maximum atomic E-state index is 13.6. The Bertz CT molecular complexity index is 2580. The number of carbonyl (C=O) groups is 3. The summed E-state index contributed by atoms with van der Waals surface area (Å²) in [7, 11) is -3.04. The monoisotopic (exact) mass is 1010 g/mol. The van der Waals surface area contributed by atoms with E-state index in [0.717, 1.165) is 62.2 Å². The number of benzene rings is 4. The third-order valence-electron chi connectivity index (χ3n) is 11.0. The highest BCUT2D eigenvalue weighted by molar-refractivity contribution is 9.10. The molecule has 0 bridgehead atoms. The summed E-state index contributed by atoms with van der Waals surface area (Å²) in [4.78, 5) is 56.2. The maximum absolute atomic E-state index is 13.6. The first kappa shape index (κ1) is 50.8. The van der Waals surface area contributed by atoms with Crippen LogP contribution < -0.4 is 19.6 Å². The molecular weight excluding hydrogens is 953 g/mol. The SMILES string of the molecule is CC(C)(C)OC(=O)N1CCN(c2cccc3c2CC(=O)N3Cc2cccc(F)c2)CC1.CC(C)(C)OC(=O)N1CCN(c2cccc3c2c(Br)cn3Cc2cccc(F)c2)CC1.O=[P+]([O-])OO.[HH]. The molecule has 2 fully saturated rings. The normalized spacial score (nSPS) is 15.4. The molecule has 4 heterocycles. The van der Waals surface area contributed by atoms with E-state index >= 15 is 0 Å². The van der Waals surface area contributed by atoms with Crippen LogP contribution in [-0.2, 0) is 43.0 Å². The van der Waals surface area contributed by atoms with Crippen molar-refractivity contribution in [3.8, 4) is 0 Å². The number of nitrogens with zero attached hydrogens (tertiary/aromatic N) is 6. The Morgan fingerprint density at radius 2 is 1.16 bits per heavy atom. The van der Waals surface area contributed by atoms with Crippen LogP contribution in [0.15, 0.2) is 95.6 Å². The topological polar surface area (TPSA) is 160 Å². The van der Waals surface area contributed by atoms with Gasteiger partial charge in [0.2, 0.25) is 5.91 Å². The smallest absolute Gasteiger partial charge is 0.521 e. The number of hydrogen-bond donors (Lipinski definition) is 1. The Kier molecular flexibility index (Phi) is 16.6. The van der Waals surface area contributed by atoms with Gasteiger partial charge in [-0.3, -0.25) is 4.79 Å². The Hall–Kier alpha value is -5.65. The van der Waals surface area contributed by atoms with Gasteiger partial charge in [0.05, 0.1) is 18.5 Å². The molecule has 4 aromatic carbocycles. The second-order valence-corrected chi connectivity index (χ2v) is 19.6. The predicted molar refractivity (Wildman–Crippen MR) is 256 cm³/mol. The number of aromatic nitrogens is 1. The lowest BCUT2D eigenvalue weighted by atomic mass is 10.1. The van der Waals surface area contributed by atoms with E-state index in [4.69, 9.17) is 24.2 Å². The molecule has 0 spiro atoms. The summed E-state index contributed by atoms with van der Waals surface area (Å²) in [5, 5.41) is 8.18. The third-order valence-corrected chi connectivity index (χ3v) is 11.7. The first-order chi connectivity index (χ1) is 31.7. The fourth-order valence-electron chi connectivity index (χ4n) is 8.09. The number of fused-ring (bicyclic) bond motifs is 2. The van der Waals surface area contributed by atoms with E-state index in [1.807, 2.05) is 77.9 Å². The van der Waals surface area contributed by atoms with Gasteiger partial charge in [-0.05, 0) is 122 Å². The van der Waals surface area contributed by atoms with Crippen molar-refractivity contribution in [3.05, 3.63) is 124 Å². The lowest BCUT2D eigenvalue weighted by Gasteiger charge is -2.37. The molecule has 15 nitrogen and oxygen atoms in total. The molecule has 8 rings (SSSR count). The summed E-state index contributed by atoms with van der Waals surface area (Å²) < 4.78 is 52.9. The highest BCUT2D eigenvalue weighted by Crippen LogP contribution is 2.38. The van der Waals surface area contributed by atoms with Crippen molar-refractivity contribution < 1.29 is 53.5 Å². The molecule has 67 heavy (non-hydrogen) atoms. The summed E-state index contributed by atoms with van der Waals surface area (Å²) in [6.07, 6.45) is 1.83. The Balaban J connectivity index is 0.000000228. The van der Waals surface area contributed by atoms with Gasteiger partial charge in [-0.25, -0.2) is 23.6 Å². The molecular formula is C48H58BrF2N6O9P. The average Bonchev–Trinajstić information content (AvgIpc) is 3.77. The number of hydrogen-bond acceptors (Lipinski definition) is 11. The molecule has 1 atom stereocenters. The predicted octanol–water partition coefficient (Wildman–Crippen LogP) is 9.36. The molecule has 0 aliphatic carbocycles. The van der Waals surface area contributed by atoms with Crippen LogP contribution in [0.3, 0.4) is 0 Å². The number of ether oxygens (including phenoxy) is 2. The summed E-state index contributed by atoms with van der Waals surface area (Å²) in [5.74, 6) is -0.517. The molecule has 19 heteroatoms.